The van der Waals surface area contributed by atoms with Gasteiger partial charge < -0.3 is 9.84 Å². The number of halogens is 1. The number of hydrogen-bond acceptors (Lipinski definition) is 6. The van der Waals surface area contributed by atoms with Gasteiger partial charge in [-0.25, -0.2) is 4.39 Å². The van der Waals surface area contributed by atoms with Crippen LogP contribution in [0.4, 0.5) is 10.1 Å². The minimum Gasteiger partial charge on any atom is -0.865 e. The maximum atomic E-state index is 13.4. The highest BCUT2D eigenvalue weighted by Crippen LogP contribution is 2.37. The Hall–Kier alpha value is -2.87. The van der Waals surface area contributed by atoms with E-state index in [0.29, 0.717) is 21.8 Å². The zero-order valence-corrected chi connectivity index (χ0v) is 13.8. The van der Waals surface area contributed by atoms with Crippen molar-refractivity contribution in [3.8, 4) is 11.5 Å². The highest BCUT2D eigenvalue weighted by Gasteiger charge is 2.23. The Labute approximate surface area is 146 Å². The molecule has 0 saturated heterocycles. The summed E-state index contributed by atoms with van der Waals surface area (Å²) in [5.41, 5.74) is 0.281. The third-order valence-corrected chi connectivity index (χ3v) is 4.80. The average molecular weight is 360 g/mol. The lowest BCUT2D eigenvalue weighted by molar-refractivity contribution is -0.398. The lowest BCUT2D eigenvalue weighted by Crippen LogP contribution is -2.12. The number of carbonyl (C=O) groups is 1. The summed E-state index contributed by atoms with van der Waals surface area (Å²) in [6.07, 6.45) is 1.46. The molecule has 0 N–H and O–H groups in total. The van der Waals surface area contributed by atoms with Gasteiger partial charge in [-0.05, 0) is 35.9 Å². The highest BCUT2D eigenvalue weighted by atomic mass is 32.2. The maximum Gasteiger partial charge on any atom is 0.266 e. The predicted molar refractivity (Wildman–Crippen MR) is 88.5 cm³/mol. The predicted octanol–water partition coefficient (Wildman–Crippen LogP) is 3.19. The average Bonchev–Trinajstić information content (AvgIpc) is 2.58. The van der Waals surface area contributed by atoms with Crippen LogP contribution in [0.1, 0.15) is 15.9 Å². The van der Waals surface area contributed by atoms with Gasteiger partial charge in [0.05, 0.1) is 12.0 Å². The summed E-state index contributed by atoms with van der Waals surface area (Å²) in [5, 5.41) is 22.9. The number of methoxy groups -OCH3 is 1. The van der Waals surface area contributed by atoms with Crippen LogP contribution in [0.5, 0.6) is 11.5 Å². The van der Waals surface area contributed by atoms with Gasteiger partial charge in [0.25, 0.3) is 5.69 Å². The Balaban J connectivity index is 2.05. The standard InChI is InChI=1S/C17H12FNO5S/c1-24-14-6-9(5-13(17(14)21)19(22)23)4-10-8-25-15-3-2-11(18)7-12(15)16(10)20/h2-7,21H,8H2,1H3/p-1/b10-4+. The Morgan fingerprint density at radius 2 is 2.08 bits per heavy atom. The van der Waals surface area contributed by atoms with Gasteiger partial charge in [-0.2, -0.15) is 0 Å². The normalized spacial score (nSPS) is 15.1. The molecule has 0 atom stereocenters. The molecule has 2 aromatic carbocycles. The monoisotopic (exact) mass is 360 g/mol. The summed E-state index contributed by atoms with van der Waals surface area (Å²) >= 11 is 1.37. The van der Waals surface area contributed by atoms with E-state index in [9.17, 15) is 24.4 Å². The molecule has 0 saturated carbocycles. The Bertz CT molecular complexity index is 925. The number of hydrogen-bond donors (Lipinski definition) is 0. The third kappa shape index (κ3) is 3.20. The van der Waals surface area contributed by atoms with Gasteiger partial charge in [0.15, 0.2) is 5.78 Å². The minimum atomic E-state index is -0.827. The quantitative estimate of drug-likeness (QED) is 0.474. The first-order valence-corrected chi connectivity index (χ1v) is 8.10. The fourth-order valence-electron chi connectivity index (χ4n) is 2.49. The van der Waals surface area contributed by atoms with E-state index in [-0.39, 0.29) is 17.1 Å². The Kier molecular flexibility index (Phi) is 4.45. The number of nitro groups is 1. The number of benzene rings is 2. The molecule has 3 rings (SSSR count). The van der Waals surface area contributed by atoms with Crippen LogP contribution in [0, 0.1) is 15.9 Å². The van der Waals surface area contributed by atoms with Crippen LogP contribution >= 0.6 is 11.8 Å². The first kappa shape index (κ1) is 17.0. The Morgan fingerprint density at radius 1 is 1.32 bits per heavy atom. The topological polar surface area (TPSA) is 92.5 Å². The number of ketones is 1. The molecule has 0 spiro atoms. The molecule has 2 aromatic rings. The first-order chi connectivity index (χ1) is 11.9. The van der Waals surface area contributed by atoms with Gasteiger partial charge in [-0.1, -0.05) is 0 Å². The van der Waals surface area contributed by atoms with Gasteiger partial charge in [0.1, 0.15) is 11.6 Å². The van der Waals surface area contributed by atoms with E-state index in [1.165, 1.54) is 43.1 Å². The van der Waals surface area contributed by atoms with E-state index in [1.807, 2.05) is 0 Å². The summed E-state index contributed by atoms with van der Waals surface area (Å²) in [4.78, 5) is 23.4. The van der Waals surface area contributed by atoms with Crippen LogP contribution < -0.4 is 9.84 Å². The van der Waals surface area contributed by atoms with Crippen molar-refractivity contribution < 1.29 is 24.0 Å². The van der Waals surface area contributed by atoms with Gasteiger partial charge in [-0.3, -0.25) is 14.9 Å². The van der Waals surface area contributed by atoms with E-state index in [4.69, 9.17) is 4.74 Å². The van der Waals surface area contributed by atoms with Crippen molar-refractivity contribution in [1.29, 1.82) is 0 Å². The number of fused-ring (bicyclic) bond motifs is 1. The molecular formula is C17H11FNO5S-. The number of carbonyl (C=O) groups excluding carboxylic acids is 1. The third-order valence-electron chi connectivity index (χ3n) is 3.68. The number of rotatable bonds is 3. The van der Waals surface area contributed by atoms with Crippen molar-refractivity contribution in [1.82, 2.24) is 0 Å². The lowest BCUT2D eigenvalue weighted by atomic mass is 10.0. The van der Waals surface area contributed by atoms with Gasteiger partial charge in [0.2, 0.25) is 0 Å². The van der Waals surface area contributed by atoms with Gasteiger partial charge in [0, 0.05) is 33.6 Å². The van der Waals surface area contributed by atoms with Crippen LogP contribution in [0.25, 0.3) is 6.08 Å². The van der Waals surface area contributed by atoms with Crippen molar-refractivity contribution in [3.05, 3.63) is 63.0 Å². The molecule has 1 aliphatic rings. The molecule has 8 heteroatoms. The molecule has 1 aliphatic heterocycles. The number of nitrogens with zero attached hydrogens (tertiary/aromatic N) is 1. The zero-order chi connectivity index (χ0) is 18.1. The SMILES string of the molecule is COc1cc(/C=C2\CSc3ccc(F)cc3C2=O)cc([N+](=O)[O-])c1[O-]. The van der Waals surface area contributed by atoms with E-state index in [1.54, 1.807) is 6.07 Å². The van der Waals surface area contributed by atoms with Crippen molar-refractivity contribution >= 4 is 29.3 Å². The molecule has 1 heterocycles. The highest BCUT2D eigenvalue weighted by molar-refractivity contribution is 7.99. The van der Waals surface area contributed by atoms with Crippen molar-refractivity contribution in [2.45, 2.75) is 4.90 Å². The molecule has 25 heavy (non-hydrogen) atoms. The van der Waals surface area contributed by atoms with E-state index >= 15 is 0 Å². The van der Waals surface area contributed by atoms with E-state index in [0.717, 1.165) is 6.07 Å². The fourth-order valence-corrected chi connectivity index (χ4v) is 3.48. The van der Waals surface area contributed by atoms with Crippen LogP contribution in [0.3, 0.4) is 0 Å². The van der Waals surface area contributed by atoms with Crippen LogP contribution in [0.15, 0.2) is 40.8 Å². The van der Waals surface area contributed by atoms with E-state index in [2.05, 4.69) is 0 Å². The summed E-state index contributed by atoms with van der Waals surface area (Å²) in [7, 11) is 1.23. The molecule has 0 aliphatic carbocycles. The molecule has 0 aromatic heterocycles. The Morgan fingerprint density at radius 3 is 2.76 bits per heavy atom. The molecule has 0 unspecified atom stereocenters. The van der Waals surface area contributed by atoms with Crippen LogP contribution in [-0.2, 0) is 0 Å². The van der Waals surface area contributed by atoms with Gasteiger partial charge >= 0.3 is 0 Å². The molecule has 0 radical (unpaired) electrons. The molecule has 0 fully saturated rings. The minimum absolute atomic E-state index is 0.177. The molecule has 128 valence electrons. The molecule has 6 nitrogen and oxygen atoms in total. The summed E-state index contributed by atoms with van der Waals surface area (Å²) in [6.45, 7) is 0. The maximum absolute atomic E-state index is 13.4. The number of ether oxygens (including phenoxy) is 1. The number of thioether (sulfide) groups is 1. The molecule has 0 amide bonds. The summed E-state index contributed by atoms with van der Waals surface area (Å²) in [5.74, 6) is -1.52. The summed E-state index contributed by atoms with van der Waals surface area (Å²) < 4.78 is 18.3. The molecular weight excluding hydrogens is 349 g/mol. The number of Topliss-reactive ketones (excluding diaryl/α,β-unsaturated/α-hetero) is 1. The smallest absolute Gasteiger partial charge is 0.266 e. The largest absolute Gasteiger partial charge is 0.865 e. The molecule has 0 bridgehead atoms. The number of nitro benzene ring substituents is 1. The second-order valence-corrected chi connectivity index (χ2v) is 6.27. The second kappa shape index (κ2) is 6.56. The fraction of sp³-hybridized carbons (Fsp3) is 0.118. The van der Waals surface area contributed by atoms with Crippen molar-refractivity contribution in [3.63, 3.8) is 0 Å². The zero-order valence-electron chi connectivity index (χ0n) is 12.9. The lowest BCUT2D eigenvalue weighted by Gasteiger charge is -2.17. The van der Waals surface area contributed by atoms with Crippen LogP contribution in [0.2, 0.25) is 0 Å². The van der Waals surface area contributed by atoms with Crippen molar-refractivity contribution in [2.75, 3.05) is 12.9 Å². The van der Waals surface area contributed by atoms with Gasteiger partial charge in [-0.15, -0.1) is 11.8 Å². The second-order valence-electron chi connectivity index (χ2n) is 5.26. The van der Waals surface area contributed by atoms with Crippen molar-refractivity contribution in [2.24, 2.45) is 0 Å². The van der Waals surface area contributed by atoms with E-state index < -0.39 is 22.2 Å². The van der Waals surface area contributed by atoms with Crippen LogP contribution in [-0.4, -0.2) is 23.6 Å². The summed E-state index contributed by atoms with van der Waals surface area (Å²) in [6, 6.07) is 6.43. The first-order valence-electron chi connectivity index (χ1n) is 7.11.